The largest absolute Gasteiger partial charge is 0.315 e. The van der Waals surface area contributed by atoms with E-state index in [1.807, 2.05) is 0 Å². The molecule has 15 heavy (non-hydrogen) atoms. The minimum Gasteiger partial charge on any atom is -0.315 e. The monoisotopic (exact) mass is 212 g/mol. The molecule has 2 atom stereocenters. The van der Waals surface area contributed by atoms with Crippen LogP contribution < -0.4 is 5.32 Å². The summed E-state index contributed by atoms with van der Waals surface area (Å²) in [5.74, 6) is 2.60. The lowest BCUT2D eigenvalue weighted by Gasteiger charge is -2.15. The van der Waals surface area contributed by atoms with Gasteiger partial charge in [0.1, 0.15) is 0 Å². The van der Waals surface area contributed by atoms with Gasteiger partial charge in [0.25, 0.3) is 0 Å². The Hall–Kier alpha value is -0.0800. The molecule has 0 aromatic heterocycles. The van der Waals surface area contributed by atoms with Crippen LogP contribution in [0.3, 0.4) is 0 Å². The molecule has 1 heterocycles. The average Bonchev–Trinajstić information content (AvgIpc) is 2.45. The normalized spacial score (nSPS) is 27.8. The summed E-state index contributed by atoms with van der Waals surface area (Å²) in [5, 5.41) is 3.53. The summed E-state index contributed by atoms with van der Waals surface area (Å²) in [6, 6.07) is 0. The zero-order valence-electron chi connectivity index (χ0n) is 10.9. The van der Waals surface area contributed by atoms with Crippen molar-refractivity contribution in [3.05, 3.63) is 0 Å². The second kappa shape index (κ2) is 6.49. The third kappa shape index (κ3) is 4.98. The first-order valence-electron chi connectivity index (χ1n) is 6.52. The van der Waals surface area contributed by atoms with Crippen LogP contribution in [0.2, 0.25) is 0 Å². The number of likely N-dealkylation sites (tertiary alicyclic amines) is 1. The van der Waals surface area contributed by atoms with E-state index in [0.29, 0.717) is 0 Å². The van der Waals surface area contributed by atoms with Gasteiger partial charge >= 0.3 is 0 Å². The van der Waals surface area contributed by atoms with Crippen molar-refractivity contribution in [1.29, 1.82) is 0 Å². The fraction of sp³-hybridized carbons (Fsp3) is 1.00. The van der Waals surface area contributed by atoms with E-state index >= 15 is 0 Å². The van der Waals surface area contributed by atoms with Gasteiger partial charge in [-0.2, -0.15) is 0 Å². The van der Waals surface area contributed by atoms with Crippen LogP contribution in [0.5, 0.6) is 0 Å². The van der Waals surface area contributed by atoms with Gasteiger partial charge in [0.2, 0.25) is 0 Å². The highest BCUT2D eigenvalue weighted by molar-refractivity contribution is 4.78. The molecule has 1 rings (SSSR count). The molecule has 0 aromatic carbocycles. The number of rotatable bonds is 6. The zero-order valence-corrected chi connectivity index (χ0v) is 10.9. The van der Waals surface area contributed by atoms with Crippen molar-refractivity contribution in [3.8, 4) is 0 Å². The van der Waals surface area contributed by atoms with Crippen LogP contribution in [0.4, 0.5) is 0 Å². The topological polar surface area (TPSA) is 15.3 Å². The van der Waals surface area contributed by atoms with Crippen molar-refractivity contribution in [2.75, 3.05) is 32.7 Å². The summed E-state index contributed by atoms with van der Waals surface area (Å²) in [4.78, 5) is 2.59. The van der Waals surface area contributed by atoms with Crippen LogP contribution in [0, 0.1) is 17.8 Å². The van der Waals surface area contributed by atoms with Crippen LogP contribution in [0.25, 0.3) is 0 Å². The molecule has 2 unspecified atom stereocenters. The molecular formula is C13H28N2. The first-order chi connectivity index (χ1) is 7.09. The highest BCUT2D eigenvalue weighted by Crippen LogP contribution is 2.21. The van der Waals surface area contributed by atoms with Crippen molar-refractivity contribution >= 4 is 0 Å². The fourth-order valence-corrected chi connectivity index (χ4v) is 2.18. The summed E-state index contributed by atoms with van der Waals surface area (Å²) in [6.45, 7) is 15.5. The number of hydrogen-bond donors (Lipinski definition) is 1. The summed E-state index contributed by atoms with van der Waals surface area (Å²) >= 11 is 0. The highest BCUT2D eigenvalue weighted by Gasteiger charge is 2.24. The van der Waals surface area contributed by atoms with Crippen LogP contribution in [0.15, 0.2) is 0 Å². The average molecular weight is 212 g/mol. The van der Waals surface area contributed by atoms with Crippen molar-refractivity contribution < 1.29 is 0 Å². The molecule has 0 aliphatic carbocycles. The van der Waals surface area contributed by atoms with Gasteiger partial charge in [-0.1, -0.05) is 27.7 Å². The fourth-order valence-electron chi connectivity index (χ4n) is 2.18. The minimum absolute atomic E-state index is 0.823. The molecule has 1 aliphatic rings. The van der Waals surface area contributed by atoms with E-state index in [1.165, 1.54) is 32.6 Å². The van der Waals surface area contributed by atoms with Gasteiger partial charge in [-0.3, -0.25) is 0 Å². The third-order valence-corrected chi connectivity index (χ3v) is 3.57. The maximum atomic E-state index is 3.53. The molecule has 2 nitrogen and oxygen atoms in total. The second-order valence-corrected chi connectivity index (χ2v) is 5.65. The molecule has 0 spiro atoms. The van der Waals surface area contributed by atoms with Gasteiger partial charge in [-0.15, -0.1) is 0 Å². The lowest BCUT2D eigenvalue weighted by atomic mass is 10.0. The lowest BCUT2D eigenvalue weighted by Crippen LogP contribution is -2.31. The SMILES string of the molecule is CC(C)CCNCCN1CC(C)C(C)C1. The van der Waals surface area contributed by atoms with Gasteiger partial charge in [0.05, 0.1) is 0 Å². The van der Waals surface area contributed by atoms with Gasteiger partial charge in [0.15, 0.2) is 0 Å². The highest BCUT2D eigenvalue weighted by atomic mass is 15.2. The third-order valence-electron chi connectivity index (χ3n) is 3.57. The number of nitrogens with zero attached hydrogens (tertiary/aromatic N) is 1. The molecule has 1 fully saturated rings. The van der Waals surface area contributed by atoms with Crippen LogP contribution in [0.1, 0.15) is 34.1 Å². The van der Waals surface area contributed by atoms with Gasteiger partial charge in [-0.05, 0) is 30.7 Å². The molecule has 2 heteroatoms. The van der Waals surface area contributed by atoms with E-state index in [0.717, 1.165) is 24.3 Å². The lowest BCUT2D eigenvalue weighted by molar-refractivity contribution is 0.320. The maximum Gasteiger partial charge on any atom is 0.0107 e. The van der Waals surface area contributed by atoms with Crippen LogP contribution in [-0.4, -0.2) is 37.6 Å². The first kappa shape index (κ1) is 13.0. The van der Waals surface area contributed by atoms with E-state index in [1.54, 1.807) is 0 Å². The summed E-state index contributed by atoms with van der Waals surface area (Å²) < 4.78 is 0. The van der Waals surface area contributed by atoms with Crippen molar-refractivity contribution in [2.45, 2.75) is 34.1 Å². The Labute approximate surface area is 95.4 Å². The van der Waals surface area contributed by atoms with Gasteiger partial charge < -0.3 is 10.2 Å². The Kier molecular flexibility index (Phi) is 5.62. The smallest absolute Gasteiger partial charge is 0.0107 e. The molecule has 1 aliphatic heterocycles. The van der Waals surface area contributed by atoms with E-state index in [2.05, 4.69) is 37.9 Å². The molecule has 0 amide bonds. The zero-order chi connectivity index (χ0) is 11.3. The number of nitrogens with one attached hydrogen (secondary N) is 1. The predicted molar refractivity (Wildman–Crippen MR) is 67.1 cm³/mol. The van der Waals surface area contributed by atoms with E-state index in [4.69, 9.17) is 0 Å². The van der Waals surface area contributed by atoms with E-state index < -0.39 is 0 Å². The second-order valence-electron chi connectivity index (χ2n) is 5.65. The number of hydrogen-bond acceptors (Lipinski definition) is 2. The summed E-state index contributed by atoms with van der Waals surface area (Å²) in [5.41, 5.74) is 0. The van der Waals surface area contributed by atoms with Gasteiger partial charge in [0, 0.05) is 26.2 Å². The molecule has 90 valence electrons. The van der Waals surface area contributed by atoms with Crippen molar-refractivity contribution in [2.24, 2.45) is 17.8 Å². The van der Waals surface area contributed by atoms with E-state index in [-0.39, 0.29) is 0 Å². The van der Waals surface area contributed by atoms with Crippen molar-refractivity contribution in [1.82, 2.24) is 10.2 Å². The quantitative estimate of drug-likeness (QED) is 0.679. The molecule has 1 saturated heterocycles. The Morgan fingerprint density at radius 1 is 1.13 bits per heavy atom. The van der Waals surface area contributed by atoms with E-state index in [9.17, 15) is 0 Å². The standard InChI is InChI=1S/C13H28N2/c1-11(2)5-6-14-7-8-15-9-12(3)13(4)10-15/h11-14H,5-10H2,1-4H3. The Bertz CT molecular complexity index is 158. The van der Waals surface area contributed by atoms with Crippen molar-refractivity contribution in [3.63, 3.8) is 0 Å². The summed E-state index contributed by atoms with van der Waals surface area (Å²) in [6.07, 6.45) is 1.30. The Morgan fingerprint density at radius 2 is 1.73 bits per heavy atom. The maximum absolute atomic E-state index is 3.53. The molecule has 0 saturated carbocycles. The Balaban J connectivity index is 1.97. The molecule has 0 radical (unpaired) electrons. The van der Waals surface area contributed by atoms with Gasteiger partial charge in [-0.25, -0.2) is 0 Å². The molecule has 0 bridgehead atoms. The summed E-state index contributed by atoms with van der Waals surface area (Å²) in [7, 11) is 0. The predicted octanol–water partition coefficient (Wildman–Crippen LogP) is 2.21. The van der Waals surface area contributed by atoms with Crippen LogP contribution >= 0.6 is 0 Å². The van der Waals surface area contributed by atoms with Crippen LogP contribution in [-0.2, 0) is 0 Å². The first-order valence-corrected chi connectivity index (χ1v) is 6.52. The molecular weight excluding hydrogens is 184 g/mol. The minimum atomic E-state index is 0.823. The Morgan fingerprint density at radius 3 is 2.27 bits per heavy atom. The molecule has 1 N–H and O–H groups in total. The molecule has 0 aromatic rings.